The Morgan fingerprint density at radius 3 is 3.15 bits per heavy atom. The van der Waals surface area contributed by atoms with E-state index >= 15 is 0 Å². The van der Waals surface area contributed by atoms with Gasteiger partial charge in [0.2, 0.25) is 5.91 Å². The fourth-order valence-electron chi connectivity index (χ4n) is 3.38. The van der Waals surface area contributed by atoms with Gasteiger partial charge in [-0.1, -0.05) is 13.8 Å². The molecule has 0 radical (unpaired) electrons. The molecule has 2 aliphatic rings. The van der Waals surface area contributed by atoms with Crippen LogP contribution in [0.4, 0.5) is 5.69 Å². The molecule has 3 rings (SSSR count). The number of aromatic nitrogens is 1. The van der Waals surface area contributed by atoms with Crippen molar-refractivity contribution >= 4 is 11.6 Å². The average molecular weight is 274 g/mol. The van der Waals surface area contributed by atoms with E-state index in [0.29, 0.717) is 5.92 Å². The highest BCUT2D eigenvalue weighted by Gasteiger charge is 2.38. The lowest BCUT2D eigenvalue weighted by atomic mass is 9.86. The van der Waals surface area contributed by atoms with Crippen molar-refractivity contribution in [2.24, 2.45) is 11.8 Å². The number of anilines is 1. The summed E-state index contributed by atoms with van der Waals surface area (Å²) >= 11 is 0. The maximum absolute atomic E-state index is 12.9. The molecule has 1 aromatic heterocycles. The van der Waals surface area contributed by atoms with E-state index in [0.717, 1.165) is 38.1 Å². The van der Waals surface area contributed by atoms with Gasteiger partial charge in [0.1, 0.15) is 0 Å². The molecule has 0 spiro atoms. The molecule has 0 saturated carbocycles. The molecule has 3 heterocycles. The number of carbonyl (C=O) groups excluding carboxylic acids is 1. The van der Waals surface area contributed by atoms with Crippen LogP contribution in [0.3, 0.4) is 0 Å². The van der Waals surface area contributed by atoms with Crippen molar-refractivity contribution in [1.82, 2.24) is 4.98 Å². The first-order valence-corrected chi connectivity index (χ1v) is 7.54. The minimum absolute atomic E-state index is 0.00265. The van der Waals surface area contributed by atoms with Crippen molar-refractivity contribution in [3.05, 3.63) is 24.0 Å². The molecule has 4 nitrogen and oxygen atoms in total. The highest BCUT2D eigenvalue weighted by Crippen LogP contribution is 2.33. The van der Waals surface area contributed by atoms with Crippen LogP contribution < -0.4 is 4.90 Å². The monoisotopic (exact) mass is 274 g/mol. The van der Waals surface area contributed by atoms with E-state index in [1.54, 1.807) is 6.20 Å². The molecule has 0 N–H and O–H groups in total. The number of hydrogen-bond donors (Lipinski definition) is 0. The zero-order chi connectivity index (χ0) is 14.1. The number of amides is 1. The number of carbonyl (C=O) groups is 1. The Labute approximate surface area is 120 Å². The van der Waals surface area contributed by atoms with Gasteiger partial charge in [-0.3, -0.25) is 9.78 Å². The topological polar surface area (TPSA) is 42.4 Å². The second-order valence-corrected chi connectivity index (χ2v) is 6.07. The van der Waals surface area contributed by atoms with Gasteiger partial charge >= 0.3 is 0 Å². The molecule has 1 aromatic rings. The molecule has 1 amide bonds. The number of pyridine rings is 1. The van der Waals surface area contributed by atoms with Crippen LogP contribution in [0.2, 0.25) is 0 Å². The number of nitrogens with zero attached hydrogens (tertiary/aromatic N) is 2. The molecule has 2 aliphatic heterocycles. The molecule has 108 valence electrons. The van der Waals surface area contributed by atoms with E-state index in [1.165, 1.54) is 5.56 Å². The Morgan fingerprint density at radius 1 is 1.50 bits per heavy atom. The molecule has 4 heteroatoms. The van der Waals surface area contributed by atoms with Gasteiger partial charge in [0.05, 0.1) is 12.0 Å². The number of hydrogen-bond acceptors (Lipinski definition) is 3. The van der Waals surface area contributed by atoms with Crippen LogP contribution in [-0.4, -0.2) is 30.1 Å². The van der Waals surface area contributed by atoms with Crippen molar-refractivity contribution in [2.75, 3.05) is 18.1 Å². The highest BCUT2D eigenvalue weighted by atomic mass is 16.5. The lowest BCUT2D eigenvalue weighted by molar-refractivity contribution is -0.134. The lowest BCUT2D eigenvalue weighted by Gasteiger charge is -2.35. The first-order valence-electron chi connectivity index (χ1n) is 7.54. The number of rotatable bonds is 2. The Kier molecular flexibility index (Phi) is 3.74. The van der Waals surface area contributed by atoms with Crippen LogP contribution in [0.1, 0.15) is 32.3 Å². The molecule has 0 aromatic carbocycles. The maximum Gasteiger partial charge on any atom is 0.232 e. The molecule has 1 fully saturated rings. The van der Waals surface area contributed by atoms with Crippen molar-refractivity contribution < 1.29 is 9.53 Å². The van der Waals surface area contributed by atoms with Crippen molar-refractivity contribution in [1.29, 1.82) is 0 Å². The van der Waals surface area contributed by atoms with Crippen LogP contribution in [0.15, 0.2) is 18.5 Å². The average Bonchev–Trinajstić information content (AvgIpc) is 2.90. The van der Waals surface area contributed by atoms with E-state index in [1.807, 2.05) is 17.2 Å². The Morgan fingerprint density at radius 2 is 2.35 bits per heavy atom. The van der Waals surface area contributed by atoms with Gasteiger partial charge in [0, 0.05) is 31.2 Å². The van der Waals surface area contributed by atoms with Gasteiger partial charge in [-0.05, 0) is 36.8 Å². The second-order valence-electron chi connectivity index (χ2n) is 6.07. The van der Waals surface area contributed by atoms with Gasteiger partial charge in [-0.2, -0.15) is 0 Å². The van der Waals surface area contributed by atoms with Crippen LogP contribution in [0.25, 0.3) is 0 Å². The van der Waals surface area contributed by atoms with Crippen LogP contribution >= 0.6 is 0 Å². The molecular weight excluding hydrogens is 252 g/mol. The number of ether oxygens (including phenoxy) is 1. The molecule has 0 bridgehead atoms. The molecule has 20 heavy (non-hydrogen) atoms. The SMILES string of the molecule is CC(C)[C@@H]1OCCC[C@H]1C(=O)N1CCc2cnccc21. The quantitative estimate of drug-likeness (QED) is 0.831. The van der Waals surface area contributed by atoms with Crippen LogP contribution in [0.5, 0.6) is 0 Å². The van der Waals surface area contributed by atoms with Crippen molar-refractivity contribution in [3.63, 3.8) is 0 Å². The zero-order valence-electron chi connectivity index (χ0n) is 12.2. The summed E-state index contributed by atoms with van der Waals surface area (Å²) in [6.45, 7) is 5.84. The first kappa shape index (κ1) is 13.6. The van der Waals surface area contributed by atoms with Crippen LogP contribution in [-0.2, 0) is 16.0 Å². The Balaban J connectivity index is 1.82. The van der Waals surface area contributed by atoms with Crippen LogP contribution in [0, 0.1) is 11.8 Å². The molecular formula is C16H22N2O2. The fourth-order valence-corrected chi connectivity index (χ4v) is 3.38. The fraction of sp³-hybridized carbons (Fsp3) is 0.625. The molecule has 1 saturated heterocycles. The predicted molar refractivity (Wildman–Crippen MR) is 77.6 cm³/mol. The third kappa shape index (κ3) is 2.33. The normalized spacial score (nSPS) is 25.9. The highest BCUT2D eigenvalue weighted by molar-refractivity contribution is 5.97. The largest absolute Gasteiger partial charge is 0.377 e. The summed E-state index contributed by atoms with van der Waals surface area (Å²) in [4.78, 5) is 19.0. The van der Waals surface area contributed by atoms with E-state index in [9.17, 15) is 4.79 Å². The van der Waals surface area contributed by atoms with E-state index < -0.39 is 0 Å². The summed E-state index contributed by atoms with van der Waals surface area (Å²) in [5.41, 5.74) is 2.22. The third-order valence-electron chi connectivity index (χ3n) is 4.38. The summed E-state index contributed by atoms with van der Waals surface area (Å²) in [6, 6.07) is 1.95. The maximum atomic E-state index is 12.9. The molecule has 2 atom stereocenters. The Bertz CT molecular complexity index is 501. The first-order chi connectivity index (χ1) is 9.68. The van der Waals surface area contributed by atoms with Crippen molar-refractivity contribution in [3.8, 4) is 0 Å². The minimum atomic E-state index is 0.00265. The summed E-state index contributed by atoms with van der Waals surface area (Å²) in [7, 11) is 0. The second kappa shape index (κ2) is 5.52. The smallest absolute Gasteiger partial charge is 0.232 e. The summed E-state index contributed by atoms with van der Waals surface area (Å²) in [5, 5.41) is 0. The van der Waals surface area contributed by atoms with E-state index in [4.69, 9.17) is 4.74 Å². The standard InChI is InChI=1S/C16H22N2O2/c1-11(2)15-13(4-3-9-20-15)16(19)18-8-6-12-10-17-7-5-14(12)18/h5,7,10-11,13,15H,3-4,6,8-9H2,1-2H3/t13-,15+/m1/s1. The van der Waals surface area contributed by atoms with Gasteiger partial charge in [0.25, 0.3) is 0 Å². The summed E-state index contributed by atoms with van der Waals surface area (Å²) in [6.07, 6.45) is 6.54. The molecule has 0 unspecified atom stereocenters. The third-order valence-corrected chi connectivity index (χ3v) is 4.38. The predicted octanol–water partition coefficient (Wildman–Crippen LogP) is 2.42. The van der Waals surface area contributed by atoms with Gasteiger partial charge in [-0.15, -0.1) is 0 Å². The summed E-state index contributed by atoms with van der Waals surface area (Å²) < 4.78 is 5.86. The minimum Gasteiger partial charge on any atom is -0.377 e. The molecule has 0 aliphatic carbocycles. The number of fused-ring (bicyclic) bond motifs is 1. The van der Waals surface area contributed by atoms with Gasteiger partial charge < -0.3 is 9.64 Å². The summed E-state index contributed by atoms with van der Waals surface area (Å²) in [5.74, 6) is 0.611. The lowest BCUT2D eigenvalue weighted by Crippen LogP contribution is -2.45. The van der Waals surface area contributed by atoms with Crippen molar-refractivity contribution in [2.45, 2.75) is 39.2 Å². The van der Waals surface area contributed by atoms with Gasteiger partial charge in [-0.25, -0.2) is 0 Å². The van der Waals surface area contributed by atoms with Gasteiger partial charge in [0.15, 0.2) is 0 Å². The zero-order valence-corrected chi connectivity index (χ0v) is 12.2. The van der Waals surface area contributed by atoms with E-state index in [-0.39, 0.29) is 17.9 Å². The Hall–Kier alpha value is -1.42. The van der Waals surface area contributed by atoms with E-state index in [2.05, 4.69) is 18.8 Å².